The molecule has 0 saturated heterocycles. The summed E-state index contributed by atoms with van der Waals surface area (Å²) in [4.78, 5) is 0. The van der Waals surface area contributed by atoms with Crippen molar-refractivity contribution in [1.29, 1.82) is 0 Å². The van der Waals surface area contributed by atoms with Gasteiger partial charge < -0.3 is 10.8 Å². The van der Waals surface area contributed by atoms with E-state index in [0.29, 0.717) is 0 Å². The Hall–Kier alpha value is -1.28. The van der Waals surface area contributed by atoms with Crippen LogP contribution in [0, 0.1) is 0 Å². The molecule has 0 heterocycles. The van der Waals surface area contributed by atoms with Gasteiger partial charge in [-0.2, -0.15) is 0 Å². The summed E-state index contributed by atoms with van der Waals surface area (Å²) in [6.07, 6.45) is 3.85. The first-order valence-electron chi connectivity index (χ1n) is 3.90. The van der Waals surface area contributed by atoms with Crippen LogP contribution in [0.2, 0.25) is 0 Å². The fourth-order valence-electron chi connectivity index (χ4n) is 1.05. The van der Waals surface area contributed by atoms with Gasteiger partial charge in [0.25, 0.3) is 0 Å². The Balaban J connectivity index is 3.08. The highest BCUT2D eigenvalue weighted by atomic mass is 16.3. The summed E-state index contributed by atoms with van der Waals surface area (Å²) in [6, 6.07) is 5.51. The summed E-state index contributed by atoms with van der Waals surface area (Å²) in [5.74, 6) is 0. The second kappa shape index (κ2) is 3.93. The largest absolute Gasteiger partial charge is 0.398 e. The third-order valence-electron chi connectivity index (χ3n) is 1.68. The number of nitrogens with two attached hydrogens (primary N) is 1. The van der Waals surface area contributed by atoms with Crippen LogP contribution < -0.4 is 5.73 Å². The Kier molecular flexibility index (Phi) is 2.88. The van der Waals surface area contributed by atoms with Crippen LogP contribution in [0.15, 0.2) is 24.3 Å². The quantitative estimate of drug-likeness (QED) is 0.653. The molecule has 3 N–H and O–H groups in total. The highest BCUT2D eigenvalue weighted by Gasteiger charge is 1.95. The topological polar surface area (TPSA) is 46.2 Å². The third kappa shape index (κ3) is 1.86. The lowest BCUT2D eigenvalue weighted by molar-refractivity contribution is 0.282. The molecular formula is C10H13NO. The number of aliphatic hydroxyl groups excluding tert-OH is 1. The molecule has 1 aromatic rings. The molecule has 0 amide bonds. The summed E-state index contributed by atoms with van der Waals surface area (Å²) < 4.78 is 0. The van der Waals surface area contributed by atoms with E-state index in [4.69, 9.17) is 10.8 Å². The number of aliphatic hydroxyl groups is 1. The standard InChI is InChI=1S/C10H13NO/c1-2-3-9-6-8(7-12)4-5-10(9)11/h2-6,12H,7,11H2,1H3/b3-2+. The predicted molar refractivity (Wildman–Crippen MR) is 51.5 cm³/mol. The van der Waals surface area contributed by atoms with Crippen LogP contribution in [0.4, 0.5) is 5.69 Å². The molecule has 2 heteroatoms. The lowest BCUT2D eigenvalue weighted by atomic mass is 10.1. The van der Waals surface area contributed by atoms with E-state index >= 15 is 0 Å². The minimum Gasteiger partial charge on any atom is -0.398 e. The van der Waals surface area contributed by atoms with Gasteiger partial charge in [-0.25, -0.2) is 0 Å². The Morgan fingerprint density at radius 1 is 1.50 bits per heavy atom. The Morgan fingerprint density at radius 3 is 2.83 bits per heavy atom. The smallest absolute Gasteiger partial charge is 0.0682 e. The Morgan fingerprint density at radius 2 is 2.25 bits per heavy atom. The lowest BCUT2D eigenvalue weighted by Gasteiger charge is -2.02. The molecule has 1 aromatic carbocycles. The van der Waals surface area contributed by atoms with Crippen LogP contribution in [0.3, 0.4) is 0 Å². The second-order valence-electron chi connectivity index (χ2n) is 2.62. The Bertz CT molecular complexity index is 292. The molecular weight excluding hydrogens is 150 g/mol. The maximum absolute atomic E-state index is 8.86. The number of anilines is 1. The maximum atomic E-state index is 8.86. The van der Waals surface area contributed by atoms with Crippen LogP contribution in [0.1, 0.15) is 18.1 Å². The van der Waals surface area contributed by atoms with Gasteiger partial charge in [0, 0.05) is 5.69 Å². The van der Waals surface area contributed by atoms with E-state index in [-0.39, 0.29) is 6.61 Å². The number of rotatable bonds is 2. The zero-order valence-electron chi connectivity index (χ0n) is 7.12. The van der Waals surface area contributed by atoms with Crippen LogP contribution in [0.5, 0.6) is 0 Å². The molecule has 0 aliphatic carbocycles. The van der Waals surface area contributed by atoms with E-state index < -0.39 is 0 Å². The molecule has 0 aliphatic rings. The van der Waals surface area contributed by atoms with Crippen LogP contribution in [0.25, 0.3) is 6.08 Å². The molecule has 0 saturated carbocycles. The van der Waals surface area contributed by atoms with E-state index in [1.165, 1.54) is 0 Å². The molecule has 64 valence electrons. The SMILES string of the molecule is C/C=C/c1cc(CO)ccc1N. The minimum absolute atomic E-state index is 0.0604. The monoisotopic (exact) mass is 163 g/mol. The van der Waals surface area contributed by atoms with Gasteiger partial charge in [0.1, 0.15) is 0 Å². The number of hydrogen-bond donors (Lipinski definition) is 2. The summed E-state index contributed by atoms with van der Waals surface area (Å²) in [5, 5.41) is 8.86. The van der Waals surface area contributed by atoms with Crippen LogP contribution >= 0.6 is 0 Å². The molecule has 0 aromatic heterocycles. The van der Waals surface area contributed by atoms with Crippen molar-refractivity contribution in [3.05, 3.63) is 35.4 Å². The molecule has 2 nitrogen and oxygen atoms in total. The first kappa shape index (κ1) is 8.81. The van der Waals surface area contributed by atoms with Gasteiger partial charge in [-0.3, -0.25) is 0 Å². The number of nitrogen functional groups attached to an aromatic ring is 1. The van der Waals surface area contributed by atoms with Gasteiger partial charge in [-0.05, 0) is 30.2 Å². The molecule has 0 atom stereocenters. The zero-order chi connectivity index (χ0) is 8.97. The maximum Gasteiger partial charge on any atom is 0.0682 e. The predicted octanol–water partition coefficient (Wildman–Crippen LogP) is 1.79. The van der Waals surface area contributed by atoms with E-state index in [9.17, 15) is 0 Å². The first-order chi connectivity index (χ1) is 5.77. The van der Waals surface area contributed by atoms with Crippen LogP contribution in [-0.2, 0) is 6.61 Å². The van der Waals surface area contributed by atoms with Gasteiger partial charge >= 0.3 is 0 Å². The molecule has 12 heavy (non-hydrogen) atoms. The summed E-state index contributed by atoms with van der Waals surface area (Å²) in [7, 11) is 0. The van der Waals surface area contributed by atoms with Crippen molar-refractivity contribution in [3.8, 4) is 0 Å². The first-order valence-corrected chi connectivity index (χ1v) is 3.90. The molecule has 0 unspecified atom stereocenters. The summed E-state index contributed by atoms with van der Waals surface area (Å²) in [5.41, 5.74) is 8.29. The van der Waals surface area contributed by atoms with Crippen molar-refractivity contribution in [2.45, 2.75) is 13.5 Å². The third-order valence-corrected chi connectivity index (χ3v) is 1.68. The lowest BCUT2D eigenvalue weighted by Crippen LogP contribution is -1.91. The number of hydrogen-bond acceptors (Lipinski definition) is 2. The van der Waals surface area contributed by atoms with Gasteiger partial charge in [0.15, 0.2) is 0 Å². The van der Waals surface area contributed by atoms with Crippen molar-refractivity contribution in [3.63, 3.8) is 0 Å². The van der Waals surface area contributed by atoms with Gasteiger partial charge in [-0.15, -0.1) is 0 Å². The van der Waals surface area contributed by atoms with E-state index in [1.807, 2.05) is 31.2 Å². The zero-order valence-corrected chi connectivity index (χ0v) is 7.12. The molecule has 0 bridgehead atoms. The minimum atomic E-state index is 0.0604. The van der Waals surface area contributed by atoms with E-state index in [2.05, 4.69) is 0 Å². The van der Waals surface area contributed by atoms with Gasteiger partial charge in [0.05, 0.1) is 6.61 Å². The second-order valence-corrected chi connectivity index (χ2v) is 2.62. The van der Waals surface area contributed by atoms with Crippen molar-refractivity contribution in [2.75, 3.05) is 5.73 Å². The molecule has 1 rings (SSSR count). The van der Waals surface area contributed by atoms with E-state index in [1.54, 1.807) is 6.07 Å². The average Bonchev–Trinajstić information content (AvgIpc) is 2.09. The summed E-state index contributed by atoms with van der Waals surface area (Å²) >= 11 is 0. The van der Waals surface area contributed by atoms with Gasteiger partial charge in [0.2, 0.25) is 0 Å². The number of benzene rings is 1. The Labute approximate surface area is 72.3 Å². The van der Waals surface area contributed by atoms with Gasteiger partial charge in [-0.1, -0.05) is 18.2 Å². The average molecular weight is 163 g/mol. The highest BCUT2D eigenvalue weighted by molar-refractivity contribution is 5.64. The number of allylic oxidation sites excluding steroid dienone is 1. The molecule has 0 spiro atoms. The molecule has 0 radical (unpaired) electrons. The summed E-state index contributed by atoms with van der Waals surface area (Å²) in [6.45, 7) is 2.00. The highest BCUT2D eigenvalue weighted by Crippen LogP contribution is 2.15. The van der Waals surface area contributed by atoms with Crippen molar-refractivity contribution in [1.82, 2.24) is 0 Å². The van der Waals surface area contributed by atoms with Crippen molar-refractivity contribution < 1.29 is 5.11 Å². The van der Waals surface area contributed by atoms with Crippen molar-refractivity contribution >= 4 is 11.8 Å². The molecule has 0 aliphatic heterocycles. The fourth-order valence-corrected chi connectivity index (χ4v) is 1.05. The van der Waals surface area contributed by atoms with Crippen LogP contribution in [-0.4, -0.2) is 5.11 Å². The molecule has 0 fully saturated rings. The fraction of sp³-hybridized carbons (Fsp3) is 0.200. The normalized spacial score (nSPS) is 10.8. The van der Waals surface area contributed by atoms with Crippen molar-refractivity contribution in [2.24, 2.45) is 0 Å². The van der Waals surface area contributed by atoms with E-state index in [0.717, 1.165) is 16.8 Å².